The standard InChI is InChI=1S/C33H50FN5O5/c1-4-7-9-11-12-13-14-15-17-19-21-28(42)43-25-22-27(44-33(25,6-3)23-40)39-24-35-29-30(37-32(34)38-31(29)39)36-26(41)20-18-16-10-8-5-2/h3,24-25,27,40H,4-5,7-23H2,1-2H3,(H,36,37,38,41)/t25-,27+,33+/m0/s1. The number of rotatable bonds is 21. The number of ether oxygens (including phenoxy) is 2. The first kappa shape index (κ1) is 35.4. The van der Waals surface area contributed by atoms with Crippen molar-refractivity contribution in [1.29, 1.82) is 0 Å². The van der Waals surface area contributed by atoms with Crippen LogP contribution in [0.1, 0.15) is 136 Å². The van der Waals surface area contributed by atoms with Gasteiger partial charge in [-0.15, -0.1) is 6.42 Å². The Morgan fingerprint density at radius 2 is 1.61 bits per heavy atom. The summed E-state index contributed by atoms with van der Waals surface area (Å²) in [6.45, 7) is 3.76. The maximum atomic E-state index is 14.5. The Morgan fingerprint density at radius 1 is 1.02 bits per heavy atom. The Bertz CT molecular complexity index is 1230. The topological polar surface area (TPSA) is 128 Å². The summed E-state index contributed by atoms with van der Waals surface area (Å²) < 4.78 is 27.7. The fourth-order valence-electron chi connectivity index (χ4n) is 5.61. The van der Waals surface area contributed by atoms with Crippen molar-refractivity contribution in [2.24, 2.45) is 0 Å². The second-order valence-corrected chi connectivity index (χ2v) is 11.8. The van der Waals surface area contributed by atoms with Gasteiger partial charge in [-0.1, -0.05) is 103 Å². The predicted molar refractivity (Wildman–Crippen MR) is 167 cm³/mol. The molecule has 2 aromatic heterocycles. The highest BCUT2D eigenvalue weighted by molar-refractivity contribution is 5.96. The van der Waals surface area contributed by atoms with Crippen molar-refractivity contribution in [2.45, 2.75) is 147 Å². The van der Waals surface area contributed by atoms with Gasteiger partial charge in [0.15, 0.2) is 22.6 Å². The van der Waals surface area contributed by atoms with E-state index >= 15 is 0 Å². The highest BCUT2D eigenvalue weighted by Crippen LogP contribution is 2.40. The van der Waals surface area contributed by atoms with E-state index < -0.39 is 36.6 Å². The average molecular weight is 616 g/mol. The minimum Gasteiger partial charge on any atom is -0.458 e. The molecular formula is C33H50FN5O5. The van der Waals surface area contributed by atoms with Gasteiger partial charge >= 0.3 is 12.0 Å². The van der Waals surface area contributed by atoms with E-state index in [0.717, 1.165) is 51.4 Å². The van der Waals surface area contributed by atoms with Crippen LogP contribution in [0, 0.1) is 18.4 Å². The average Bonchev–Trinajstić information content (AvgIpc) is 3.59. The molecule has 0 aliphatic carbocycles. The molecule has 0 spiro atoms. The first-order chi connectivity index (χ1) is 21.4. The van der Waals surface area contributed by atoms with Crippen LogP contribution in [0.15, 0.2) is 6.33 Å². The Labute approximate surface area is 260 Å². The number of carbonyl (C=O) groups excluding carboxylic acids is 2. The SMILES string of the molecule is C#C[C@]1(CO)O[C@@H](n2cnc3c(NC(=O)CCCCCCC)nc(F)nc32)C[C@@H]1OC(=O)CCCCCCCCCCCC. The number of esters is 1. The van der Waals surface area contributed by atoms with Crippen molar-refractivity contribution >= 4 is 28.9 Å². The van der Waals surface area contributed by atoms with Gasteiger partial charge in [-0.25, -0.2) is 4.98 Å². The summed E-state index contributed by atoms with van der Waals surface area (Å²) in [4.78, 5) is 37.2. The molecule has 11 heteroatoms. The van der Waals surface area contributed by atoms with E-state index in [1.54, 1.807) is 0 Å². The molecule has 1 aliphatic rings. The van der Waals surface area contributed by atoms with E-state index in [1.807, 2.05) is 0 Å². The van der Waals surface area contributed by atoms with Gasteiger partial charge in [0, 0.05) is 19.3 Å². The van der Waals surface area contributed by atoms with Crippen LogP contribution in [0.4, 0.5) is 10.2 Å². The van der Waals surface area contributed by atoms with E-state index in [4.69, 9.17) is 15.9 Å². The van der Waals surface area contributed by atoms with Crippen molar-refractivity contribution in [3.8, 4) is 12.3 Å². The van der Waals surface area contributed by atoms with Gasteiger partial charge in [-0.2, -0.15) is 14.4 Å². The molecule has 3 atom stereocenters. The molecule has 0 bridgehead atoms. The first-order valence-electron chi connectivity index (χ1n) is 16.5. The van der Waals surface area contributed by atoms with Crippen LogP contribution >= 0.6 is 0 Å². The zero-order chi connectivity index (χ0) is 31.8. The van der Waals surface area contributed by atoms with Gasteiger partial charge in [0.25, 0.3) is 0 Å². The lowest BCUT2D eigenvalue weighted by Gasteiger charge is -2.26. The number of imidazole rings is 1. The van der Waals surface area contributed by atoms with E-state index in [1.165, 1.54) is 49.4 Å². The van der Waals surface area contributed by atoms with Gasteiger partial charge in [-0.3, -0.25) is 14.2 Å². The van der Waals surface area contributed by atoms with E-state index in [0.29, 0.717) is 6.42 Å². The lowest BCUT2D eigenvalue weighted by Crippen LogP contribution is -2.44. The summed E-state index contributed by atoms with van der Waals surface area (Å²) in [6, 6.07) is 0. The monoisotopic (exact) mass is 615 g/mol. The summed E-state index contributed by atoms with van der Waals surface area (Å²) >= 11 is 0. The molecule has 2 aromatic rings. The Kier molecular flexibility index (Phi) is 15.0. The molecule has 44 heavy (non-hydrogen) atoms. The molecule has 0 unspecified atom stereocenters. The smallest absolute Gasteiger partial charge is 0.312 e. The zero-order valence-corrected chi connectivity index (χ0v) is 26.5. The summed E-state index contributed by atoms with van der Waals surface area (Å²) in [6.07, 6.45) is 21.5. The number of aliphatic hydroxyl groups excluding tert-OH is 1. The Hall–Kier alpha value is -3.10. The summed E-state index contributed by atoms with van der Waals surface area (Å²) in [5, 5.41) is 12.8. The maximum absolute atomic E-state index is 14.5. The number of fused-ring (bicyclic) bond motifs is 1. The summed E-state index contributed by atoms with van der Waals surface area (Å²) in [5.74, 6) is 1.74. The van der Waals surface area contributed by atoms with Crippen LogP contribution in [-0.2, 0) is 19.1 Å². The second kappa shape index (κ2) is 18.6. The number of nitrogens with one attached hydrogen (secondary N) is 1. The molecule has 1 amide bonds. The van der Waals surface area contributed by atoms with E-state index in [9.17, 15) is 19.1 Å². The fraction of sp³-hybridized carbons (Fsp3) is 0.727. The van der Waals surface area contributed by atoms with Crippen molar-refractivity contribution in [2.75, 3.05) is 11.9 Å². The molecule has 1 saturated heterocycles. The van der Waals surface area contributed by atoms with Crippen LogP contribution < -0.4 is 5.32 Å². The number of amides is 1. The number of unbranched alkanes of at least 4 members (excludes halogenated alkanes) is 13. The third kappa shape index (κ3) is 10.2. The minimum absolute atomic E-state index is 0.0346. The molecular weight excluding hydrogens is 565 g/mol. The largest absolute Gasteiger partial charge is 0.458 e. The zero-order valence-electron chi connectivity index (χ0n) is 26.5. The number of halogens is 1. The summed E-state index contributed by atoms with van der Waals surface area (Å²) in [7, 11) is 0. The molecule has 0 radical (unpaired) electrons. The third-order valence-electron chi connectivity index (χ3n) is 8.24. The first-order valence-corrected chi connectivity index (χ1v) is 16.5. The quantitative estimate of drug-likeness (QED) is 0.0681. The molecule has 2 N–H and O–H groups in total. The van der Waals surface area contributed by atoms with Crippen LogP contribution in [0.3, 0.4) is 0 Å². The Balaban J connectivity index is 1.57. The third-order valence-corrected chi connectivity index (χ3v) is 8.24. The summed E-state index contributed by atoms with van der Waals surface area (Å²) in [5.41, 5.74) is -1.30. The number of nitrogens with zero attached hydrogens (tertiary/aromatic N) is 4. The number of carbonyl (C=O) groups is 2. The molecule has 3 heterocycles. The number of hydrogen-bond acceptors (Lipinski definition) is 8. The van der Waals surface area contributed by atoms with Crippen molar-refractivity contribution in [3.63, 3.8) is 0 Å². The normalized spacial score (nSPS) is 19.7. The highest BCUT2D eigenvalue weighted by atomic mass is 19.1. The molecule has 3 rings (SSSR count). The molecule has 244 valence electrons. The van der Waals surface area contributed by atoms with Gasteiger partial charge in [-0.05, 0) is 12.8 Å². The van der Waals surface area contributed by atoms with Crippen LogP contribution in [0.25, 0.3) is 11.2 Å². The molecule has 10 nitrogen and oxygen atoms in total. The molecule has 1 aliphatic heterocycles. The van der Waals surface area contributed by atoms with Crippen molar-refractivity contribution in [3.05, 3.63) is 12.4 Å². The molecule has 0 aromatic carbocycles. The lowest BCUT2D eigenvalue weighted by molar-refractivity contribution is -0.158. The van der Waals surface area contributed by atoms with Gasteiger partial charge < -0.3 is 19.9 Å². The van der Waals surface area contributed by atoms with Crippen molar-refractivity contribution in [1.82, 2.24) is 19.5 Å². The second-order valence-electron chi connectivity index (χ2n) is 11.8. The van der Waals surface area contributed by atoms with Crippen molar-refractivity contribution < 1.29 is 28.6 Å². The predicted octanol–water partition coefficient (Wildman–Crippen LogP) is 6.77. The number of aromatic nitrogens is 4. The highest BCUT2D eigenvalue weighted by Gasteiger charge is 2.51. The van der Waals surface area contributed by atoms with Crippen LogP contribution in [0.5, 0.6) is 0 Å². The number of aliphatic hydroxyl groups is 1. The fourth-order valence-corrected chi connectivity index (χ4v) is 5.61. The number of anilines is 1. The lowest BCUT2D eigenvalue weighted by atomic mass is 9.98. The van der Waals surface area contributed by atoms with Gasteiger partial charge in [0.2, 0.25) is 5.91 Å². The maximum Gasteiger partial charge on any atom is 0.312 e. The molecule has 0 saturated carbocycles. The number of hydrogen-bond donors (Lipinski definition) is 2. The van der Waals surface area contributed by atoms with Gasteiger partial charge in [0.05, 0.1) is 12.9 Å². The molecule has 1 fully saturated rings. The van der Waals surface area contributed by atoms with E-state index in [-0.39, 0.29) is 42.2 Å². The minimum atomic E-state index is -1.57. The number of terminal acetylenes is 1. The Morgan fingerprint density at radius 3 is 2.20 bits per heavy atom. The van der Waals surface area contributed by atoms with E-state index in [2.05, 4.69) is 40.0 Å². The van der Waals surface area contributed by atoms with Crippen LogP contribution in [-0.4, -0.2) is 54.8 Å². The van der Waals surface area contributed by atoms with Crippen LogP contribution in [0.2, 0.25) is 0 Å². The van der Waals surface area contributed by atoms with Gasteiger partial charge in [0.1, 0.15) is 12.3 Å².